The Morgan fingerprint density at radius 2 is 2.15 bits per heavy atom. The van der Waals surface area contributed by atoms with E-state index in [1.165, 1.54) is 0 Å². The minimum absolute atomic E-state index is 0.121. The second-order valence-corrected chi connectivity index (χ2v) is 5.22. The Balaban J connectivity index is 3.26. The van der Waals surface area contributed by atoms with Gasteiger partial charge in [-0.25, -0.2) is 9.98 Å². The van der Waals surface area contributed by atoms with Crippen LogP contribution in [0.25, 0.3) is 0 Å². The lowest BCUT2D eigenvalue weighted by molar-refractivity contribution is 0.299. The molecule has 0 saturated heterocycles. The molecule has 0 unspecified atom stereocenters. The van der Waals surface area contributed by atoms with Crippen molar-refractivity contribution in [3.8, 4) is 12.3 Å². The fourth-order valence-corrected chi connectivity index (χ4v) is 2.35. The quantitative estimate of drug-likeness (QED) is 0.572. The SMILES string of the molecule is C#CC[C@@]1(CCC=C)N=C(OC)[C@H](C(C)C)N=C1OC. The zero-order chi connectivity index (χ0) is 15.2. The third kappa shape index (κ3) is 3.22. The molecular weight excluding hydrogens is 252 g/mol. The van der Waals surface area contributed by atoms with Gasteiger partial charge in [0.15, 0.2) is 5.54 Å². The van der Waals surface area contributed by atoms with Crippen molar-refractivity contribution in [1.29, 1.82) is 0 Å². The number of nitrogens with zero attached hydrogens (tertiary/aromatic N) is 2. The van der Waals surface area contributed by atoms with E-state index in [4.69, 9.17) is 20.9 Å². The highest BCUT2D eigenvalue weighted by atomic mass is 16.5. The lowest BCUT2D eigenvalue weighted by Gasteiger charge is -2.35. The molecule has 4 nitrogen and oxygen atoms in total. The van der Waals surface area contributed by atoms with Crippen molar-refractivity contribution in [1.82, 2.24) is 0 Å². The van der Waals surface area contributed by atoms with Crippen LogP contribution in [0.1, 0.15) is 33.1 Å². The molecule has 0 aromatic rings. The van der Waals surface area contributed by atoms with Crippen LogP contribution in [-0.4, -0.2) is 37.6 Å². The first kappa shape index (κ1) is 16.3. The number of methoxy groups -OCH3 is 2. The average Bonchev–Trinajstić information content (AvgIpc) is 2.44. The van der Waals surface area contributed by atoms with Crippen molar-refractivity contribution in [3.05, 3.63) is 12.7 Å². The van der Waals surface area contributed by atoms with E-state index in [1.807, 2.05) is 6.08 Å². The van der Waals surface area contributed by atoms with Gasteiger partial charge < -0.3 is 9.47 Å². The standard InChI is InChI=1S/C16H24N2O2/c1-7-9-11-16(10-8-2)15(20-6)17-13(12(3)4)14(18-16)19-5/h2,7,12-13H,1,9-11H2,3-6H3/t13-,16-/m0/s1. The smallest absolute Gasteiger partial charge is 0.213 e. The van der Waals surface area contributed by atoms with Gasteiger partial charge in [-0.05, 0) is 18.8 Å². The maximum absolute atomic E-state index is 5.52. The number of hydrogen-bond acceptors (Lipinski definition) is 4. The van der Waals surface area contributed by atoms with Crippen LogP contribution in [0.3, 0.4) is 0 Å². The molecule has 1 heterocycles. The lowest BCUT2D eigenvalue weighted by Crippen LogP contribution is -2.46. The molecule has 110 valence electrons. The summed E-state index contributed by atoms with van der Waals surface area (Å²) in [6, 6.07) is -0.121. The number of allylic oxidation sites excluding steroid dienone is 1. The molecule has 1 rings (SSSR count). The molecule has 1 aliphatic rings. The van der Waals surface area contributed by atoms with E-state index in [-0.39, 0.29) is 12.0 Å². The molecule has 0 bridgehead atoms. The molecule has 0 aromatic heterocycles. The molecule has 0 fully saturated rings. The molecule has 2 atom stereocenters. The van der Waals surface area contributed by atoms with Crippen molar-refractivity contribution < 1.29 is 9.47 Å². The summed E-state index contributed by atoms with van der Waals surface area (Å²) >= 11 is 0. The Bertz CT molecular complexity index is 446. The van der Waals surface area contributed by atoms with E-state index in [2.05, 4.69) is 31.3 Å². The van der Waals surface area contributed by atoms with Gasteiger partial charge in [0, 0.05) is 6.42 Å². The first-order valence-corrected chi connectivity index (χ1v) is 6.85. The van der Waals surface area contributed by atoms with Crippen LogP contribution in [0.15, 0.2) is 22.6 Å². The molecule has 0 N–H and O–H groups in total. The van der Waals surface area contributed by atoms with Gasteiger partial charge in [0.1, 0.15) is 6.04 Å². The summed E-state index contributed by atoms with van der Waals surface area (Å²) < 4.78 is 10.9. The topological polar surface area (TPSA) is 43.2 Å². The van der Waals surface area contributed by atoms with Gasteiger partial charge in [-0.3, -0.25) is 0 Å². The van der Waals surface area contributed by atoms with E-state index in [1.54, 1.807) is 14.2 Å². The molecule has 20 heavy (non-hydrogen) atoms. The molecular formula is C16H24N2O2. The summed E-state index contributed by atoms with van der Waals surface area (Å²) in [6.07, 6.45) is 9.31. The average molecular weight is 276 g/mol. The highest BCUT2D eigenvalue weighted by Gasteiger charge is 2.42. The Morgan fingerprint density at radius 3 is 2.60 bits per heavy atom. The Kier molecular flexibility index (Phi) is 5.82. The summed E-state index contributed by atoms with van der Waals surface area (Å²) in [5.41, 5.74) is -0.631. The Hall–Kier alpha value is -1.76. The molecule has 0 amide bonds. The second-order valence-electron chi connectivity index (χ2n) is 5.22. The lowest BCUT2D eigenvalue weighted by atomic mass is 9.87. The predicted octanol–water partition coefficient (Wildman–Crippen LogP) is 2.84. The van der Waals surface area contributed by atoms with E-state index in [9.17, 15) is 0 Å². The van der Waals surface area contributed by atoms with Gasteiger partial charge in [0.25, 0.3) is 0 Å². The van der Waals surface area contributed by atoms with E-state index in [0.29, 0.717) is 24.6 Å². The van der Waals surface area contributed by atoms with Crippen molar-refractivity contribution in [3.63, 3.8) is 0 Å². The van der Waals surface area contributed by atoms with Gasteiger partial charge in [-0.2, -0.15) is 0 Å². The molecule has 0 aliphatic carbocycles. The van der Waals surface area contributed by atoms with E-state index >= 15 is 0 Å². The molecule has 0 radical (unpaired) electrons. The Morgan fingerprint density at radius 1 is 1.45 bits per heavy atom. The molecule has 0 aromatic carbocycles. The van der Waals surface area contributed by atoms with Crippen molar-refractivity contribution in [2.24, 2.45) is 15.9 Å². The monoisotopic (exact) mass is 276 g/mol. The number of rotatable bonds is 5. The highest BCUT2D eigenvalue weighted by Crippen LogP contribution is 2.31. The number of aliphatic imine (C=N–C) groups is 2. The predicted molar refractivity (Wildman–Crippen MR) is 83.1 cm³/mol. The first-order valence-electron chi connectivity index (χ1n) is 6.85. The van der Waals surface area contributed by atoms with Gasteiger partial charge in [-0.1, -0.05) is 19.9 Å². The first-order chi connectivity index (χ1) is 9.54. The molecule has 1 aliphatic heterocycles. The normalized spacial score (nSPS) is 25.5. The van der Waals surface area contributed by atoms with E-state index < -0.39 is 5.54 Å². The fraction of sp³-hybridized carbons (Fsp3) is 0.625. The van der Waals surface area contributed by atoms with Crippen molar-refractivity contribution >= 4 is 11.8 Å². The number of terminal acetylenes is 1. The maximum atomic E-state index is 5.52. The van der Waals surface area contributed by atoms with Crippen LogP contribution in [0.2, 0.25) is 0 Å². The van der Waals surface area contributed by atoms with Crippen LogP contribution in [0, 0.1) is 18.3 Å². The number of hydrogen-bond donors (Lipinski definition) is 0. The summed E-state index contributed by atoms with van der Waals surface area (Å²) in [4.78, 5) is 9.45. The number of ether oxygens (including phenoxy) is 2. The van der Waals surface area contributed by atoms with Crippen LogP contribution < -0.4 is 0 Å². The van der Waals surface area contributed by atoms with Crippen LogP contribution >= 0.6 is 0 Å². The zero-order valence-corrected chi connectivity index (χ0v) is 12.8. The third-order valence-electron chi connectivity index (χ3n) is 3.42. The van der Waals surface area contributed by atoms with Crippen LogP contribution in [0.4, 0.5) is 0 Å². The Labute approximate surface area is 122 Å². The summed E-state index contributed by atoms with van der Waals surface area (Å²) in [5, 5.41) is 0. The van der Waals surface area contributed by atoms with Gasteiger partial charge in [0.05, 0.1) is 14.2 Å². The fourth-order valence-electron chi connectivity index (χ4n) is 2.35. The summed E-state index contributed by atoms with van der Waals surface area (Å²) in [6.45, 7) is 7.91. The molecule has 0 spiro atoms. The van der Waals surface area contributed by atoms with Gasteiger partial charge in [0.2, 0.25) is 11.8 Å². The summed E-state index contributed by atoms with van der Waals surface area (Å²) in [5.74, 6) is 4.18. The third-order valence-corrected chi connectivity index (χ3v) is 3.42. The van der Waals surface area contributed by atoms with E-state index in [0.717, 1.165) is 6.42 Å². The maximum Gasteiger partial charge on any atom is 0.213 e. The van der Waals surface area contributed by atoms with Crippen molar-refractivity contribution in [2.75, 3.05) is 14.2 Å². The van der Waals surface area contributed by atoms with Gasteiger partial charge in [-0.15, -0.1) is 18.9 Å². The minimum atomic E-state index is -0.631. The largest absolute Gasteiger partial charge is 0.483 e. The van der Waals surface area contributed by atoms with Crippen LogP contribution in [-0.2, 0) is 9.47 Å². The molecule has 0 saturated carbocycles. The van der Waals surface area contributed by atoms with Crippen molar-refractivity contribution in [2.45, 2.75) is 44.7 Å². The molecule has 4 heteroatoms. The second kappa shape index (κ2) is 7.14. The zero-order valence-electron chi connectivity index (χ0n) is 12.8. The minimum Gasteiger partial charge on any atom is -0.483 e. The summed E-state index contributed by atoms with van der Waals surface area (Å²) in [7, 11) is 3.23. The van der Waals surface area contributed by atoms with Crippen LogP contribution in [0.5, 0.6) is 0 Å². The van der Waals surface area contributed by atoms with Gasteiger partial charge >= 0.3 is 0 Å². The highest BCUT2D eigenvalue weighted by molar-refractivity contribution is 5.97.